The largest absolute Gasteiger partial charge is 0.381 e. The molecular formula is C12H15N3O3S. The Morgan fingerprint density at radius 1 is 1.21 bits per heavy atom. The van der Waals surface area contributed by atoms with Gasteiger partial charge in [0.25, 0.3) is 0 Å². The molecule has 2 aromatic rings. The molecule has 1 aliphatic heterocycles. The van der Waals surface area contributed by atoms with Gasteiger partial charge in [0.1, 0.15) is 0 Å². The molecule has 7 heteroatoms. The maximum absolute atomic E-state index is 11.6. The lowest BCUT2D eigenvalue weighted by Crippen LogP contribution is -2.34. The van der Waals surface area contributed by atoms with Crippen LogP contribution in [0.5, 0.6) is 0 Å². The summed E-state index contributed by atoms with van der Waals surface area (Å²) < 4.78 is 23.1. The molecule has 1 unspecified atom stereocenters. The van der Waals surface area contributed by atoms with Gasteiger partial charge in [0.2, 0.25) is 0 Å². The Morgan fingerprint density at radius 2 is 2.00 bits per heavy atom. The third-order valence-corrected chi connectivity index (χ3v) is 5.17. The summed E-state index contributed by atoms with van der Waals surface area (Å²) in [7, 11) is -2.92. The first-order chi connectivity index (χ1) is 9.02. The monoisotopic (exact) mass is 281 g/mol. The highest BCUT2D eigenvalue weighted by Gasteiger charge is 2.24. The average Bonchev–Trinajstić information content (AvgIpc) is 2.67. The highest BCUT2D eigenvalue weighted by atomic mass is 32.2. The van der Waals surface area contributed by atoms with Gasteiger partial charge < -0.3 is 15.3 Å². The molecule has 0 amide bonds. The number of fused-ring (bicyclic) bond motifs is 1. The second kappa shape index (κ2) is 4.41. The van der Waals surface area contributed by atoms with E-state index in [9.17, 15) is 13.2 Å². The van der Waals surface area contributed by atoms with Gasteiger partial charge in [-0.1, -0.05) is 0 Å². The Hall–Kier alpha value is -1.76. The van der Waals surface area contributed by atoms with Crippen molar-refractivity contribution < 1.29 is 8.42 Å². The summed E-state index contributed by atoms with van der Waals surface area (Å²) in [6.07, 6.45) is 1.55. The Bertz CT molecular complexity index is 760. The Balaban J connectivity index is 1.83. The molecular weight excluding hydrogens is 266 g/mol. The van der Waals surface area contributed by atoms with E-state index in [1.165, 1.54) is 0 Å². The van der Waals surface area contributed by atoms with Crippen LogP contribution >= 0.6 is 0 Å². The Kier molecular flexibility index (Phi) is 2.85. The normalized spacial score (nSPS) is 22.4. The van der Waals surface area contributed by atoms with Crippen LogP contribution in [0.4, 0.5) is 5.69 Å². The molecule has 1 atom stereocenters. The zero-order valence-electron chi connectivity index (χ0n) is 10.3. The van der Waals surface area contributed by atoms with E-state index in [0.29, 0.717) is 11.9 Å². The molecule has 0 spiro atoms. The van der Waals surface area contributed by atoms with Crippen molar-refractivity contribution in [2.24, 2.45) is 0 Å². The molecule has 6 nitrogen and oxygen atoms in total. The summed E-state index contributed by atoms with van der Waals surface area (Å²) in [5.41, 5.74) is 2.04. The third-order valence-electron chi connectivity index (χ3n) is 3.35. The van der Waals surface area contributed by atoms with Crippen molar-refractivity contribution in [1.82, 2.24) is 9.97 Å². The van der Waals surface area contributed by atoms with Gasteiger partial charge in [-0.25, -0.2) is 13.2 Å². The number of H-pyrrole nitrogens is 2. The fraction of sp³-hybridized carbons (Fsp3) is 0.417. The van der Waals surface area contributed by atoms with E-state index in [1.807, 2.05) is 12.1 Å². The van der Waals surface area contributed by atoms with Crippen molar-refractivity contribution in [2.45, 2.75) is 18.9 Å². The molecule has 19 heavy (non-hydrogen) atoms. The molecule has 2 heterocycles. The molecule has 0 radical (unpaired) electrons. The molecule has 3 rings (SSSR count). The lowest BCUT2D eigenvalue weighted by molar-refractivity contribution is 0.562. The van der Waals surface area contributed by atoms with Crippen molar-refractivity contribution in [2.75, 3.05) is 16.8 Å². The smallest absolute Gasteiger partial charge is 0.323 e. The quantitative estimate of drug-likeness (QED) is 0.760. The minimum absolute atomic E-state index is 0.0538. The van der Waals surface area contributed by atoms with Gasteiger partial charge in [0.05, 0.1) is 22.5 Å². The molecule has 0 bridgehead atoms. The first kappa shape index (κ1) is 12.3. The minimum Gasteiger partial charge on any atom is -0.381 e. The van der Waals surface area contributed by atoms with Gasteiger partial charge in [-0.2, -0.15) is 0 Å². The van der Waals surface area contributed by atoms with E-state index in [4.69, 9.17) is 0 Å². The Labute approximate surface area is 110 Å². The number of rotatable bonds is 2. The van der Waals surface area contributed by atoms with Crippen molar-refractivity contribution in [3.63, 3.8) is 0 Å². The van der Waals surface area contributed by atoms with Crippen LogP contribution in [0.25, 0.3) is 11.0 Å². The summed E-state index contributed by atoms with van der Waals surface area (Å²) in [6, 6.07) is 5.40. The number of aromatic nitrogens is 2. The fourth-order valence-corrected chi connectivity index (χ4v) is 4.13. The van der Waals surface area contributed by atoms with E-state index in [-0.39, 0.29) is 23.2 Å². The van der Waals surface area contributed by atoms with Gasteiger partial charge in [-0.3, -0.25) is 0 Å². The van der Waals surface area contributed by atoms with Crippen LogP contribution in [0.3, 0.4) is 0 Å². The van der Waals surface area contributed by atoms with E-state index in [0.717, 1.165) is 17.6 Å². The van der Waals surface area contributed by atoms with Crippen molar-refractivity contribution >= 4 is 26.6 Å². The van der Waals surface area contributed by atoms with Gasteiger partial charge in [0, 0.05) is 11.7 Å². The summed E-state index contributed by atoms with van der Waals surface area (Å²) in [5, 5.41) is 3.22. The van der Waals surface area contributed by atoms with Crippen LogP contribution in [0, 0.1) is 0 Å². The highest BCUT2D eigenvalue weighted by molar-refractivity contribution is 7.91. The fourth-order valence-electron chi connectivity index (χ4n) is 2.49. The molecule has 1 fully saturated rings. The van der Waals surface area contributed by atoms with E-state index >= 15 is 0 Å². The summed E-state index contributed by atoms with van der Waals surface area (Å²) in [5.74, 6) is 0.462. The number of nitrogens with one attached hydrogen (secondary N) is 3. The second-order valence-corrected chi connectivity index (χ2v) is 7.17. The molecule has 1 aromatic heterocycles. The molecule has 1 aromatic carbocycles. The van der Waals surface area contributed by atoms with Crippen LogP contribution in [0.2, 0.25) is 0 Å². The number of hydrogen-bond acceptors (Lipinski definition) is 4. The van der Waals surface area contributed by atoms with E-state index in [1.54, 1.807) is 6.07 Å². The van der Waals surface area contributed by atoms with E-state index in [2.05, 4.69) is 15.3 Å². The number of benzene rings is 1. The van der Waals surface area contributed by atoms with Crippen molar-refractivity contribution in [3.05, 3.63) is 28.7 Å². The lowest BCUT2D eigenvalue weighted by atomic mass is 10.1. The zero-order valence-corrected chi connectivity index (χ0v) is 11.1. The van der Waals surface area contributed by atoms with Crippen LogP contribution in [-0.4, -0.2) is 35.9 Å². The number of aromatic amines is 2. The van der Waals surface area contributed by atoms with E-state index < -0.39 is 9.84 Å². The van der Waals surface area contributed by atoms with Crippen LogP contribution in [0.15, 0.2) is 23.0 Å². The third kappa shape index (κ3) is 2.65. The Morgan fingerprint density at radius 3 is 2.79 bits per heavy atom. The summed E-state index contributed by atoms with van der Waals surface area (Å²) in [6.45, 7) is 0. The predicted molar refractivity (Wildman–Crippen MR) is 74.2 cm³/mol. The van der Waals surface area contributed by atoms with Crippen molar-refractivity contribution in [3.8, 4) is 0 Å². The molecule has 0 saturated carbocycles. The number of anilines is 1. The predicted octanol–water partition coefficient (Wildman–Crippen LogP) is 0.845. The molecule has 1 aliphatic rings. The molecule has 3 N–H and O–H groups in total. The SMILES string of the molecule is O=c1[nH]c2ccc(NC3CCCS(=O)(=O)C3)cc2[nH]1. The first-order valence-electron chi connectivity index (χ1n) is 6.21. The van der Waals surface area contributed by atoms with Gasteiger partial charge in [-0.05, 0) is 31.0 Å². The molecule has 0 aliphatic carbocycles. The van der Waals surface area contributed by atoms with Gasteiger partial charge >= 0.3 is 5.69 Å². The summed E-state index contributed by atoms with van der Waals surface area (Å²) in [4.78, 5) is 16.5. The van der Waals surface area contributed by atoms with Crippen LogP contribution < -0.4 is 11.0 Å². The number of sulfone groups is 1. The zero-order chi connectivity index (χ0) is 13.5. The number of imidazole rings is 1. The van der Waals surface area contributed by atoms with Gasteiger partial charge in [0.15, 0.2) is 9.84 Å². The van der Waals surface area contributed by atoms with Crippen molar-refractivity contribution in [1.29, 1.82) is 0 Å². The first-order valence-corrected chi connectivity index (χ1v) is 8.03. The van der Waals surface area contributed by atoms with Crippen LogP contribution in [0.1, 0.15) is 12.8 Å². The van der Waals surface area contributed by atoms with Gasteiger partial charge in [-0.15, -0.1) is 0 Å². The topological polar surface area (TPSA) is 94.8 Å². The maximum atomic E-state index is 11.6. The lowest BCUT2D eigenvalue weighted by Gasteiger charge is -2.23. The minimum atomic E-state index is -2.92. The number of hydrogen-bond donors (Lipinski definition) is 3. The highest BCUT2D eigenvalue weighted by Crippen LogP contribution is 2.19. The average molecular weight is 281 g/mol. The standard InChI is InChI=1S/C12H15N3O3S/c16-12-14-10-4-3-8(6-11(10)15-12)13-9-2-1-5-19(17,18)7-9/h3-4,6,9,13H,1-2,5,7H2,(H2,14,15,16). The van der Waals surface area contributed by atoms with Crippen LogP contribution in [-0.2, 0) is 9.84 Å². The maximum Gasteiger partial charge on any atom is 0.323 e. The molecule has 102 valence electrons. The second-order valence-electron chi connectivity index (χ2n) is 4.94. The molecule has 1 saturated heterocycles. The summed E-state index contributed by atoms with van der Waals surface area (Å²) >= 11 is 0.